The largest absolute Gasteiger partial charge is 0.492 e. The molecule has 0 fully saturated rings. The maximum atomic E-state index is 12.6. The topological polar surface area (TPSA) is 84.7 Å². The summed E-state index contributed by atoms with van der Waals surface area (Å²) in [6, 6.07) is 10.1. The molecule has 2 aromatic rings. The predicted octanol–water partition coefficient (Wildman–Crippen LogP) is 3.35. The molecule has 0 radical (unpaired) electrons. The van der Waals surface area contributed by atoms with Gasteiger partial charge in [0.05, 0.1) is 12.3 Å². The van der Waals surface area contributed by atoms with E-state index < -0.39 is 0 Å². The number of nitrogens with two attached hydrogens (primary N) is 1. The molecule has 6 nitrogen and oxygen atoms in total. The van der Waals surface area contributed by atoms with Crippen LogP contribution in [0.15, 0.2) is 36.4 Å². The van der Waals surface area contributed by atoms with E-state index >= 15 is 0 Å². The smallest absolute Gasteiger partial charge is 0.256 e. The Balaban J connectivity index is 0.00000338. The average molecular weight is 378 g/mol. The minimum Gasteiger partial charge on any atom is -0.492 e. The third kappa shape index (κ3) is 4.89. The normalized spacial score (nSPS) is 9.85. The van der Waals surface area contributed by atoms with Crippen LogP contribution in [0.1, 0.15) is 33.2 Å². The van der Waals surface area contributed by atoms with Crippen LogP contribution in [0.5, 0.6) is 5.75 Å². The molecule has 0 aliphatic rings. The standard InChI is InChI=1S/C19H23N3O3.ClH/c1-5-25-17-10-13(19(24)22(3)4)7-9-16(17)21-18(23)15-11-14(20)8-6-12(15)2;/h6-11H,5,20H2,1-4H3,(H,21,23);1H. The molecular formula is C19H24ClN3O3. The maximum absolute atomic E-state index is 12.6. The fraction of sp³-hybridized carbons (Fsp3) is 0.263. The number of hydrogen-bond donors (Lipinski definition) is 2. The molecule has 0 aromatic heterocycles. The van der Waals surface area contributed by atoms with Crippen molar-refractivity contribution < 1.29 is 14.3 Å². The molecule has 7 heteroatoms. The fourth-order valence-corrected chi connectivity index (χ4v) is 2.37. The van der Waals surface area contributed by atoms with E-state index in [-0.39, 0.29) is 24.2 Å². The Morgan fingerprint density at radius 2 is 1.85 bits per heavy atom. The summed E-state index contributed by atoms with van der Waals surface area (Å²) >= 11 is 0. The summed E-state index contributed by atoms with van der Waals surface area (Å²) < 4.78 is 5.59. The molecule has 0 bridgehead atoms. The number of nitrogen functional groups attached to an aromatic ring is 1. The zero-order valence-corrected chi connectivity index (χ0v) is 16.1. The molecule has 0 unspecified atom stereocenters. The van der Waals surface area contributed by atoms with Crippen LogP contribution in [-0.2, 0) is 0 Å². The molecule has 0 aliphatic heterocycles. The van der Waals surface area contributed by atoms with Gasteiger partial charge in [-0.2, -0.15) is 0 Å². The number of carbonyl (C=O) groups is 2. The van der Waals surface area contributed by atoms with Crippen LogP contribution < -0.4 is 15.8 Å². The van der Waals surface area contributed by atoms with Crippen molar-refractivity contribution in [3.8, 4) is 5.75 Å². The number of halogens is 1. The second kappa shape index (κ2) is 9.10. The van der Waals surface area contributed by atoms with Gasteiger partial charge in [-0.1, -0.05) is 6.07 Å². The Morgan fingerprint density at radius 3 is 2.46 bits per heavy atom. The number of rotatable bonds is 5. The van der Waals surface area contributed by atoms with Gasteiger partial charge in [-0.25, -0.2) is 0 Å². The molecule has 0 heterocycles. The second-order valence-corrected chi connectivity index (χ2v) is 5.87. The highest BCUT2D eigenvalue weighted by Crippen LogP contribution is 2.27. The summed E-state index contributed by atoms with van der Waals surface area (Å²) in [4.78, 5) is 26.2. The van der Waals surface area contributed by atoms with E-state index in [1.54, 1.807) is 50.5 Å². The molecule has 3 N–H and O–H groups in total. The lowest BCUT2D eigenvalue weighted by atomic mass is 10.1. The Labute approximate surface area is 159 Å². The quantitative estimate of drug-likeness (QED) is 0.782. The first-order valence-corrected chi connectivity index (χ1v) is 7.99. The lowest BCUT2D eigenvalue weighted by molar-refractivity contribution is 0.0827. The van der Waals surface area contributed by atoms with Crippen LogP contribution in [0.25, 0.3) is 0 Å². The molecule has 0 aliphatic carbocycles. The first kappa shape index (κ1) is 21.3. The zero-order chi connectivity index (χ0) is 18.6. The van der Waals surface area contributed by atoms with Crippen LogP contribution in [0, 0.1) is 6.92 Å². The number of carbonyl (C=O) groups excluding carboxylic acids is 2. The van der Waals surface area contributed by atoms with Gasteiger partial charge < -0.3 is 20.7 Å². The van der Waals surface area contributed by atoms with Gasteiger partial charge in [-0.15, -0.1) is 12.4 Å². The van der Waals surface area contributed by atoms with Gasteiger partial charge in [0.15, 0.2) is 0 Å². The number of aryl methyl sites for hydroxylation is 1. The van der Waals surface area contributed by atoms with Crippen molar-refractivity contribution in [2.75, 3.05) is 31.8 Å². The van der Waals surface area contributed by atoms with Crippen molar-refractivity contribution >= 4 is 35.6 Å². The van der Waals surface area contributed by atoms with Crippen molar-refractivity contribution in [1.29, 1.82) is 0 Å². The van der Waals surface area contributed by atoms with E-state index in [1.807, 2.05) is 13.8 Å². The van der Waals surface area contributed by atoms with Gasteiger partial charge in [0, 0.05) is 30.9 Å². The molecule has 0 saturated carbocycles. The van der Waals surface area contributed by atoms with Crippen LogP contribution in [0.2, 0.25) is 0 Å². The Kier molecular flexibility index (Phi) is 7.46. The van der Waals surface area contributed by atoms with Crippen LogP contribution in [0.3, 0.4) is 0 Å². The lowest BCUT2D eigenvalue weighted by Crippen LogP contribution is -2.22. The first-order chi connectivity index (χ1) is 11.8. The Hall–Kier alpha value is -2.73. The monoisotopic (exact) mass is 377 g/mol. The van der Waals surface area contributed by atoms with Crippen LogP contribution in [0.4, 0.5) is 11.4 Å². The summed E-state index contributed by atoms with van der Waals surface area (Å²) in [5.41, 5.74) is 8.61. The van der Waals surface area contributed by atoms with E-state index in [4.69, 9.17) is 10.5 Å². The molecule has 2 amide bonds. The average Bonchev–Trinajstić information content (AvgIpc) is 2.57. The number of anilines is 2. The van der Waals surface area contributed by atoms with Crippen molar-refractivity contribution in [1.82, 2.24) is 4.90 Å². The molecule has 2 aromatic carbocycles. The first-order valence-electron chi connectivity index (χ1n) is 7.99. The van der Waals surface area contributed by atoms with E-state index in [2.05, 4.69) is 5.32 Å². The van der Waals surface area contributed by atoms with Crippen molar-refractivity contribution in [2.45, 2.75) is 13.8 Å². The zero-order valence-electron chi connectivity index (χ0n) is 15.3. The molecule has 140 valence electrons. The van der Waals surface area contributed by atoms with E-state index in [1.165, 1.54) is 4.90 Å². The summed E-state index contributed by atoms with van der Waals surface area (Å²) in [5, 5.41) is 2.83. The van der Waals surface area contributed by atoms with Gasteiger partial charge in [0.2, 0.25) is 0 Å². The number of ether oxygens (including phenoxy) is 1. The SMILES string of the molecule is CCOc1cc(C(=O)N(C)C)ccc1NC(=O)c1cc(N)ccc1C.Cl. The predicted molar refractivity (Wildman–Crippen MR) is 106 cm³/mol. The molecule has 0 saturated heterocycles. The van der Waals surface area contributed by atoms with Crippen LogP contribution >= 0.6 is 12.4 Å². The lowest BCUT2D eigenvalue weighted by Gasteiger charge is -2.15. The molecule has 2 rings (SSSR count). The van der Waals surface area contributed by atoms with Crippen molar-refractivity contribution in [3.63, 3.8) is 0 Å². The third-order valence-corrected chi connectivity index (χ3v) is 3.69. The highest BCUT2D eigenvalue weighted by atomic mass is 35.5. The number of amides is 2. The van der Waals surface area contributed by atoms with Gasteiger partial charge in [0.25, 0.3) is 11.8 Å². The van der Waals surface area contributed by atoms with E-state index in [0.717, 1.165) is 5.56 Å². The van der Waals surface area contributed by atoms with Gasteiger partial charge in [-0.3, -0.25) is 9.59 Å². The highest BCUT2D eigenvalue weighted by Gasteiger charge is 2.16. The maximum Gasteiger partial charge on any atom is 0.256 e. The molecular weight excluding hydrogens is 354 g/mol. The minimum absolute atomic E-state index is 0. The molecule has 26 heavy (non-hydrogen) atoms. The second-order valence-electron chi connectivity index (χ2n) is 5.87. The van der Waals surface area contributed by atoms with E-state index in [0.29, 0.717) is 34.9 Å². The summed E-state index contributed by atoms with van der Waals surface area (Å²) in [6.45, 7) is 4.10. The number of hydrogen-bond acceptors (Lipinski definition) is 4. The molecule has 0 spiro atoms. The minimum atomic E-state index is -0.280. The van der Waals surface area contributed by atoms with Gasteiger partial charge in [0.1, 0.15) is 5.75 Å². The summed E-state index contributed by atoms with van der Waals surface area (Å²) in [6.07, 6.45) is 0. The van der Waals surface area contributed by atoms with Crippen molar-refractivity contribution in [2.24, 2.45) is 0 Å². The summed E-state index contributed by atoms with van der Waals surface area (Å²) in [5.74, 6) is 0.0352. The molecule has 0 atom stereocenters. The van der Waals surface area contributed by atoms with Gasteiger partial charge >= 0.3 is 0 Å². The third-order valence-electron chi connectivity index (χ3n) is 3.69. The fourth-order valence-electron chi connectivity index (χ4n) is 2.37. The van der Waals surface area contributed by atoms with Crippen molar-refractivity contribution in [3.05, 3.63) is 53.1 Å². The number of nitrogens with zero attached hydrogens (tertiary/aromatic N) is 1. The Morgan fingerprint density at radius 1 is 1.15 bits per heavy atom. The van der Waals surface area contributed by atoms with E-state index in [9.17, 15) is 9.59 Å². The number of nitrogens with one attached hydrogen (secondary N) is 1. The highest BCUT2D eigenvalue weighted by molar-refractivity contribution is 6.07. The Bertz CT molecular complexity index is 807. The van der Waals surface area contributed by atoms with Gasteiger partial charge in [-0.05, 0) is 49.7 Å². The summed E-state index contributed by atoms with van der Waals surface area (Å²) in [7, 11) is 3.36. The number of benzene rings is 2. The van der Waals surface area contributed by atoms with Crippen LogP contribution in [-0.4, -0.2) is 37.4 Å².